The molecule has 0 saturated carbocycles. The average molecular weight is 443 g/mol. The maximum atomic E-state index is 12.5. The third-order valence-electron chi connectivity index (χ3n) is 5.73. The van der Waals surface area contributed by atoms with Gasteiger partial charge in [0.1, 0.15) is 6.61 Å². The van der Waals surface area contributed by atoms with Crippen LogP contribution >= 0.6 is 11.8 Å². The van der Waals surface area contributed by atoms with Crippen LogP contribution in [0.3, 0.4) is 0 Å². The smallest absolute Gasteiger partial charge is 0.410 e. The van der Waals surface area contributed by atoms with Gasteiger partial charge in [-0.3, -0.25) is 9.69 Å². The van der Waals surface area contributed by atoms with Crippen molar-refractivity contribution in [2.75, 3.05) is 52.5 Å². The Labute approximate surface area is 186 Å². The fourth-order valence-electron chi connectivity index (χ4n) is 3.99. The molecule has 31 heavy (non-hydrogen) atoms. The van der Waals surface area contributed by atoms with E-state index < -0.39 is 0 Å². The molecule has 8 nitrogen and oxygen atoms in total. The predicted molar refractivity (Wildman–Crippen MR) is 116 cm³/mol. The third-order valence-corrected chi connectivity index (χ3v) is 7.05. The molecule has 2 atom stereocenters. The van der Waals surface area contributed by atoms with E-state index in [9.17, 15) is 14.9 Å². The molecule has 3 aliphatic rings. The molecule has 0 aliphatic carbocycles. The second-order valence-electron chi connectivity index (χ2n) is 7.67. The van der Waals surface area contributed by atoms with Crippen molar-refractivity contribution in [3.63, 3.8) is 0 Å². The number of nitriles is 1. The summed E-state index contributed by atoms with van der Waals surface area (Å²) in [6, 6.07) is 11.3. The summed E-state index contributed by atoms with van der Waals surface area (Å²) in [6.07, 6.45) is 0.294. The van der Waals surface area contributed by atoms with E-state index in [2.05, 4.69) is 16.3 Å². The first-order valence-corrected chi connectivity index (χ1v) is 11.4. The number of ether oxygens (including phenoxy) is 2. The van der Waals surface area contributed by atoms with Crippen LogP contribution < -0.4 is 5.32 Å². The highest BCUT2D eigenvalue weighted by molar-refractivity contribution is 8.04. The number of rotatable bonds is 5. The van der Waals surface area contributed by atoms with E-state index in [0.29, 0.717) is 38.2 Å². The van der Waals surface area contributed by atoms with E-state index in [1.54, 1.807) is 17.0 Å². The zero-order valence-corrected chi connectivity index (χ0v) is 18.1. The summed E-state index contributed by atoms with van der Waals surface area (Å²) in [5.74, 6) is -0.579. The molecule has 3 aliphatic heterocycles. The normalized spacial score (nSPS) is 23.8. The number of thioether (sulfide) groups is 1. The molecule has 0 bridgehead atoms. The van der Waals surface area contributed by atoms with Gasteiger partial charge >= 0.3 is 6.09 Å². The highest BCUT2D eigenvalue weighted by atomic mass is 32.2. The van der Waals surface area contributed by atoms with Crippen molar-refractivity contribution in [1.82, 2.24) is 15.1 Å². The Morgan fingerprint density at radius 3 is 2.74 bits per heavy atom. The van der Waals surface area contributed by atoms with Crippen molar-refractivity contribution >= 4 is 23.8 Å². The standard InChI is InChI=1S/C22H26N4O4S/c23-14-18-17-6-7-26(22(28)30-13-10-25-8-11-29-12-9-25)15-19(17)31-21(18)24-20(27)16-4-2-1-3-5-16/h1-5,18,21H,6-13,15H2,(H,24,27). The molecule has 1 N–H and O–H groups in total. The molecule has 9 heteroatoms. The fraction of sp³-hybridized carbons (Fsp3) is 0.500. The van der Waals surface area contributed by atoms with Crippen molar-refractivity contribution in [2.45, 2.75) is 11.8 Å². The number of amides is 2. The molecule has 1 saturated heterocycles. The van der Waals surface area contributed by atoms with E-state index in [1.807, 2.05) is 18.2 Å². The lowest BCUT2D eigenvalue weighted by molar-refractivity contribution is 0.0249. The first kappa shape index (κ1) is 21.7. The lowest BCUT2D eigenvalue weighted by atomic mass is 9.94. The van der Waals surface area contributed by atoms with Gasteiger partial charge in [-0.25, -0.2) is 4.79 Å². The van der Waals surface area contributed by atoms with Gasteiger partial charge in [-0.2, -0.15) is 5.26 Å². The number of carbonyl (C=O) groups is 2. The Morgan fingerprint density at radius 1 is 1.23 bits per heavy atom. The van der Waals surface area contributed by atoms with Crippen LogP contribution in [0.1, 0.15) is 16.8 Å². The molecule has 4 rings (SSSR count). The minimum Gasteiger partial charge on any atom is -0.448 e. The van der Waals surface area contributed by atoms with Gasteiger partial charge in [0.15, 0.2) is 0 Å². The van der Waals surface area contributed by atoms with Crippen LogP contribution in [0.15, 0.2) is 40.8 Å². The highest BCUT2D eigenvalue weighted by Crippen LogP contribution is 2.44. The molecular weight excluding hydrogens is 416 g/mol. The number of nitrogens with zero attached hydrogens (tertiary/aromatic N) is 3. The molecule has 1 aromatic carbocycles. The van der Waals surface area contributed by atoms with E-state index in [-0.39, 0.29) is 23.3 Å². The lowest BCUT2D eigenvalue weighted by Crippen LogP contribution is -2.41. The number of benzene rings is 1. The second kappa shape index (κ2) is 10.2. The van der Waals surface area contributed by atoms with Gasteiger partial charge in [-0.1, -0.05) is 18.2 Å². The first-order chi connectivity index (χ1) is 15.2. The van der Waals surface area contributed by atoms with Crippen LogP contribution in [0, 0.1) is 17.2 Å². The second-order valence-corrected chi connectivity index (χ2v) is 8.91. The molecule has 1 fully saturated rings. The summed E-state index contributed by atoms with van der Waals surface area (Å²) in [5.41, 5.74) is 1.60. The number of hydrogen-bond donors (Lipinski definition) is 1. The van der Waals surface area contributed by atoms with Gasteiger partial charge < -0.3 is 19.7 Å². The molecule has 1 aromatic rings. The number of carbonyl (C=O) groups excluding carboxylic acids is 2. The van der Waals surface area contributed by atoms with E-state index >= 15 is 0 Å². The lowest BCUT2D eigenvalue weighted by Gasteiger charge is -2.29. The predicted octanol–water partition coefficient (Wildman–Crippen LogP) is 2.06. The fourth-order valence-corrected chi connectivity index (χ4v) is 5.43. The summed E-state index contributed by atoms with van der Waals surface area (Å²) < 4.78 is 10.8. The SMILES string of the molecule is N#CC1C2=C(CN(C(=O)OCCN3CCOCC3)CC2)SC1NC(=O)c1ccccc1. The maximum Gasteiger partial charge on any atom is 0.410 e. The van der Waals surface area contributed by atoms with Gasteiger partial charge in [0, 0.05) is 36.6 Å². The van der Waals surface area contributed by atoms with Gasteiger partial charge in [-0.15, -0.1) is 11.8 Å². The highest BCUT2D eigenvalue weighted by Gasteiger charge is 2.40. The Kier molecular flexibility index (Phi) is 7.12. The monoisotopic (exact) mass is 442 g/mol. The van der Waals surface area contributed by atoms with Crippen molar-refractivity contribution in [1.29, 1.82) is 5.26 Å². The molecule has 0 spiro atoms. The van der Waals surface area contributed by atoms with E-state index in [4.69, 9.17) is 9.47 Å². The molecular formula is C22H26N4O4S. The average Bonchev–Trinajstić information content (AvgIpc) is 3.16. The summed E-state index contributed by atoms with van der Waals surface area (Å²) in [4.78, 5) is 29.9. The zero-order valence-electron chi connectivity index (χ0n) is 17.3. The van der Waals surface area contributed by atoms with Crippen LogP contribution in [-0.2, 0) is 9.47 Å². The molecule has 3 heterocycles. The largest absolute Gasteiger partial charge is 0.448 e. The van der Waals surface area contributed by atoms with Crippen LogP contribution in [0.4, 0.5) is 4.79 Å². The maximum absolute atomic E-state index is 12.5. The number of nitrogens with one attached hydrogen (secondary N) is 1. The Hall–Kier alpha value is -2.54. The minimum atomic E-state index is -0.382. The van der Waals surface area contributed by atoms with Crippen molar-refractivity contribution in [3.05, 3.63) is 46.4 Å². The zero-order chi connectivity index (χ0) is 21.6. The Balaban J connectivity index is 1.29. The summed E-state index contributed by atoms with van der Waals surface area (Å²) in [5, 5.41) is 12.3. The van der Waals surface area contributed by atoms with Crippen LogP contribution in [0.25, 0.3) is 0 Å². The summed E-state index contributed by atoms with van der Waals surface area (Å²) in [7, 11) is 0. The van der Waals surface area contributed by atoms with E-state index in [0.717, 1.165) is 36.8 Å². The summed E-state index contributed by atoms with van der Waals surface area (Å²) in [6.45, 7) is 5.16. The van der Waals surface area contributed by atoms with Gasteiger partial charge in [0.05, 0.1) is 37.1 Å². The third kappa shape index (κ3) is 5.21. The van der Waals surface area contributed by atoms with Crippen LogP contribution in [0.5, 0.6) is 0 Å². The Bertz CT molecular complexity index is 879. The van der Waals surface area contributed by atoms with Crippen molar-refractivity contribution in [2.24, 2.45) is 5.92 Å². The molecule has 0 aromatic heterocycles. The van der Waals surface area contributed by atoms with Gasteiger partial charge in [-0.05, 0) is 24.1 Å². The minimum absolute atomic E-state index is 0.197. The van der Waals surface area contributed by atoms with Crippen molar-refractivity contribution in [3.8, 4) is 6.07 Å². The van der Waals surface area contributed by atoms with E-state index in [1.165, 1.54) is 11.8 Å². The number of hydrogen-bond acceptors (Lipinski definition) is 7. The molecule has 2 unspecified atom stereocenters. The molecule has 164 valence electrons. The van der Waals surface area contributed by atoms with Crippen molar-refractivity contribution < 1.29 is 19.1 Å². The van der Waals surface area contributed by atoms with Gasteiger partial charge in [0.2, 0.25) is 0 Å². The van der Waals surface area contributed by atoms with Crippen LogP contribution in [0.2, 0.25) is 0 Å². The number of morpholine rings is 1. The van der Waals surface area contributed by atoms with Crippen LogP contribution in [-0.4, -0.2) is 79.7 Å². The van der Waals surface area contributed by atoms with Gasteiger partial charge in [0.25, 0.3) is 5.91 Å². The Morgan fingerprint density at radius 2 is 2.00 bits per heavy atom. The topological polar surface area (TPSA) is 94.9 Å². The molecule has 2 amide bonds. The first-order valence-electron chi connectivity index (χ1n) is 10.5. The molecule has 0 radical (unpaired) electrons. The quantitative estimate of drug-likeness (QED) is 0.746. The summed E-state index contributed by atoms with van der Waals surface area (Å²) >= 11 is 1.47.